The van der Waals surface area contributed by atoms with Gasteiger partial charge >= 0.3 is 0 Å². The van der Waals surface area contributed by atoms with E-state index in [9.17, 15) is 0 Å². The predicted molar refractivity (Wildman–Crippen MR) is 210 cm³/mol. The van der Waals surface area contributed by atoms with E-state index in [1.807, 2.05) is 29.5 Å². The first-order valence-corrected chi connectivity index (χ1v) is 18.0. The molecule has 2 N–H and O–H groups in total. The second-order valence-corrected chi connectivity index (χ2v) is 14.2. The van der Waals surface area contributed by atoms with E-state index in [0.717, 1.165) is 72.0 Å². The molecule has 2 atom stereocenters. The normalized spacial score (nSPS) is 16.4. The molecule has 7 aromatic carbocycles. The summed E-state index contributed by atoms with van der Waals surface area (Å²) in [5.41, 5.74) is 8.94. The van der Waals surface area contributed by atoms with Crippen molar-refractivity contribution in [1.29, 1.82) is 0 Å². The van der Waals surface area contributed by atoms with E-state index in [2.05, 4.69) is 144 Å². The van der Waals surface area contributed by atoms with E-state index in [4.69, 9.17) is 13.8 Å². The average molecular weight is 676 g/mol. The van der Waals surface area contributed by atoms with Crippen LogP contribution in [0.2, 0.25) is 0 Å². The van der Waals surface area contributed by atoms with Gasteiger partial charge in [-0.1, -0.05) is 121 Å². The van der Waals surface area contributed by atoms with E-state index in [-0.39, 0.29) is 12.3 Å². The maximum Gasteiger partial charge on any atom is 0.143 e. The van der Waals surface area contributed by atoms with Crippen LogP contribution in [0.5, 0.6) is 0 Å². The first kappa shape index (κ1) is 28.6. The highest BCUT2D eigenvalue weighted by Gasteiger charge is 2.28. The molecule has 3 aromatic heterocycles. The monoisotopic (exact) mass is 675 g/mol. The third kappa shape index (κ3) is 4.54. The zero-order valence-corrected chi connectivity index (χ0v) is 28.1. The largest absolute Gasteiger partial charge is 0.456 e. The maximum atomic E-state index is 6.51. The molecule has 1 aliphatic heterocycles. The highest BCUT2D eigenvalue weighted by Crippen LogP contribution is 2.41. The molecule has 5 nitrogen and oxygen atoms in total. The molecule has 0 saturated carbocycles. The Labute approximate surface area is 296 Å². The van der Waals surface area contributed by atoms with Crippen LogP contribution in [0.3, 0.4) is 0 Å². The van der Waals surface area contributed by atoms with E-state index >= 15 is 0 Å². The molecule has 0 aliphatic carbocycles. The minimum Gasteiger partial charge on any atom is -0.456 e. The Hall–Kier alpha value is -6.21. The fourth-order valence-corrected chi connectivity index (χ4v) is 8.98. The summed E-state index contributed by atoms with van der Waals surface area (Å²) in [7, 11) is 0. The molecule has 242 valence electrons. The molecule has 0 bridgehead atoms. The van der Waals surface area contributed by atoms with Crippen molar-refractivity contribution < 1.29 is 8.83 Å². The van der Waals surface area contributed by atoms with E-state index in [1.54, 1.807) is 0 Å². The van der Waals surface area contributed by atoms with Gasteiger partial charge in [0, 0.05) is 58.4 Å². The second kappa shape index (κ2) is 11.2. The number of amidine groups is 1. The van der Waals surface area contributed by atoms with Gasteiger partial charge in [0.05, 0.1) is 0 Å². The van der Waals surface area contributed by atoms with Crippen molar-refractivity contribution in [2.45, 2.75) is 12.3 Å². The highest BCUT2D eigenvalue weighted by atomic mass is 32.1. The molecule has 0 fully saturated rings. The fourth-order valence-electron chi connectivity index (χ4n) is 7.73. The lowest BCUT2D eigenvalue weighted by atomic mass is 10.00. The number of thiophene rings is 1. The maximum absolute atomic E-state index is 6.51. The molecule has 6 heteroatoms. The summed E-state index contributed by atoms with van der Waals surface area (Å²) in [6.45, 7) is 0. The number of rotatable bonds is 4. The van der Waals surface area contributed by atoms with Crippen LogP contribution in [-0.2, 0) is 0 Å². The summed E-state index contributed by atoms with van der Waals surface area (Å²) in [6, 6.07) is 53.1. The van der Waals surface area contributed by atoms with Gasteiger partial charge in [0.25, 0.3) is 0 Å². The lowest BCUT2D eigenvalue weighted by molar-refractivity contribution is 0.411. The second-order valence-electron chi connectivity index (χ2n) is 13.2. The Morgan fingerprint density at radius 2 is 1.29 bits per heavy atom. The average Bonchev–Trinajstić information content (AvgIpc) is 3.88. The molecule has 4 heterocycles. The van der Waals surface area contributed by atoms with Crippen LogP contribution >= 0.6 is 11.3 Å². The van der Waals surface area contributed by atoms with Crippen molar-refractivity contribution in [3.63, 3.8) is 0 Å². The minimum atomic E-state index is -0.296. The van der Waals surface area contributed by atoms with Crippen LogP contribution in [0.25, 0.3) is 75.2 Å². The molecule has 0 amide bonds. The third-order valence-corrected chi connectivity index (χ3v) is 11.4. The topological polar surface area (TPSA) is 62.7 Å². The fraction of sp³-hybridized carbons (Fsp3) is 0.0444. The van der Waals surface area contributed by atoms with Crippen LogP contribution in [0.4, 0.5) is 0 Å². The first-order chi connectivity index (χ1) is 25.2. The zero-order valence-electron chi connectivity index (χ0n) is 27.3. The van der Waals surface area contributed by atoms with Crippen molar-refractivity contribution >= 4 is 81.2 Å². The number of para-hydroxylation sites is 2. The lowest BCUT2D eigenvalue weighted by Gasteiger charge is -2.32. The van der Waals surface area contributed by atoms with Crippen LogP contribution in [0.1, 0.15) is 29.0 Å². The van der Waals surface area contributed by atoms with Gasteiger partial charge in [-0.15, -0.1) is 11.3 Å². The minimum absolute atomic E-state index is 0.158. The quantitative estimate of drug-likeness (QED) is 0.195. The molecular weight excluding hydrogens is 647 g/mol. The highest BCUT2D eigenvalue weighted by molar-refractivity contribution is 7.26. The van der Waals surface area contributed by atoms with Crippen molar-refractivity contribution in [2.24, 2.45) is 4.99 Å². The summed E-state index contributed by atoms with van der Waals surface area (Å²) < 4.78 is 15.5. The van der Waals surface area contributed by atoms with E-state index in [0.29, 0.717) is 0 Å². The molecule has 0 saturated heterocycles. The Morgan fingerprint density at radius 1 is 0.529 bits per heavy atom. The number of aliphatic imine (C=N–C) groups is 1. The van der Waals surface area contributed by atoms with Crippen molar-refractivity contribution in [3.8, 4) is 11.1 Å². The Balaban J connectivity index is 1.01. The van der Waals surface area contributed by atoms with Gasteiger partial charge in [0.15, 0.2) is 0 Å². The molecule has 1 aliphatic rings. The lowest BCUT2D eigenvalue weighted by Crippen LogP contribution is -2.45. The van der Waals surface area contributed by atoms with Crippen LogP contribution in [0, 0.1) is 0 Å². The summed E-state index contributed by atoms with van der Waals surface area (Å²) in [4.78, 5) is 5.23. The first-order valence-electron chi connectivity index (χ1n) is 17.2. The van der Waals surface area contributed by atoms with Crippen LogP contribution in [-0.4, -0.2) is 5.84 Å². The Bertz CT molecular complexity index is 3010. The van der Waals surface area contributed by atoms with Crippen molar-refractivity contribution in [2.75, 3.05) is 0 Å². The summed E-state index contributed by atoms with van der Waals surface area (Å²) >= 11 is 1.84. The molecule has 10 aromatic rings. The van der Waals surface area contributed by atoms with Gasteiger partial charge in [-0.2, -0.15) is 0 Å². The number of nitrogens with one attached hydrogen (secondary N) is 2. The van der Waals surface area contributed by atoms with Crippen molar-refractivity contribution in [3.05, 3.63) is 168 Å². The molecular formula is C45H29N3O2S. The number of hydrogen-bond donors (Lipinski definition) is 2. The number of hydrogen-bond acceptors (Lipinski definition) is 6. The van der Waals surface area contributed by atoms with Gasteiger partial charge in [-0.05, 0) is 41.5 Å². The Kier molecular flexibility index (Phi) is 6.26. The van der Waals surface area contributed by atoms with Gasteiger partial charge in [-0.25, -0.2) is 4.99 Å². The number of benzene rings is 7. The zero-order chi connectivity index (χ0) is 33.5. The Morgan fingerprint density at radius 3 is 2.24 bits per heavy atom. The van der Waals surface area contributed by atoms with Crippen molar-refractivity contribution in [1.82, 2.24) is 10.6 Å². The van der Waals surface area contributed by atoms with Crippen LogP contribution in [0.15, 0.2) is 165 Å². The smallest absolute Gasteiger partial charge is 0.143 e. The third-order valence-electron chi connectivity index (χ3n) is 10.2. The van der Waals surface area contributed by atoms with E-state index in [1.165, 1.54) is 25.7 Å². The number of nitrogens with zero attached hydrogens (tertiary/aromatic N) is 1. The van der Waals surface area contributed by atoms with Gasteiger partial charge < -0.3 is 14.2 Å². The molecule has 51 heavy (non-hydrogen) atoms. The van der Waals surface area contributed by atoms with Gasteiger partial charge in [-0.3, -0.25) is 5.32 Å². The van der Waals surface area contributed by atoms with Crippen LogP contribution < -0.4 is 10.6 Å². The number of furan rings is 2. The standard InChI is InChI=1S/C45H29N3O2S/c1-2-10-26(11-3-1)43-46-44(48-45(47-43)35-17-9-16-34-32-13-5-7-19-40(32)51-42(34)35)28-20-22-31-36-24-27(21-23-38(36)49-39(31)25-28)29-14-8-15-33-30-12-4-6-18-37(30)50-41(29)33/h1-25,44-45,48H,(H,46,47). The molecule has 0 radical (unpaired) electrons. The summed E-state index contributed by atoms with van der Waals surface area (Å²) in [5.74, 6) is 0.858. The number of fused-ring (bicyclic) bond motifs is 9. The van der Waals surface area contributed by atoms with E-state index < -0.39 is 0 Å². The summed E-state index contributed by atoms with van der Waals surface area (Å²) in [5, 5.41) is 14.5. The SMILES string of the molecule is c1ccc(C2=NC(c3ccc4c(c3)oc3ccc(-c5cccc6c5oc5ccccc56)cc34)NC(c3cccc4c3sc3ccccc34)N2)cc1. The summed E-state index contributed by atoms with van der Waals surface area (Å²) in [6.07, 6.45) is -0.454. The predicted octanol–water partition coefficient (Wildman–Crippen LogP) is 11.9. The molecule has 2 unspecified atom stereocenters. The van der Waals surface area contributed by atoms with Gasteiger partial charge in [0.2, 0.25) is 0 Å². The molecule has 11 rings (SSSR count). The van der Waals surface area contributed by atoms with Gasteiger partial charge in [0.1, 0.15) is 40.5 Å². The molecule has 0 spiro atoms.